The molecule has 0 unspecified atom stereocenters. The number of hydrazone groups is 1. The van der Waals surface area contributed by atoms with Crippen LogP contribution in [0.1, 0.15) is 36.0 Å². The molecule has 110 valence electrons. The molecule has 0 saturated heterocycles. The van der Waals surface area contributed by atoms with E-state index < -0.39 is 0 Å². The fourth-order valence-corrected chi connectivity index (χ4v) is 4.75. The maximum absolute atomic E-state index is 12.8. The number of rotatable bonds is 3. The van der Waals surface area contributed by atoms with E-state index in [2.05, 4.69) is 0 Å². The molecule has 1 amide bonds. The Morgan fingerprint density at radius 1 is 1.24 bits per heavy atom. The molecule has 3 aliphatic rings. The van der Waals surface area contributed by atoms with Crippen LogP contribution in [0.25, 0.3) is 0 Å². The fourth-order valence-electron chi connectivity index (χ4n) is 4.56. The molecule has 0 N–H and O–H groups in total. The van der Waals surface area contributed by atoms with Gasteiger partial charge in [0.1, 0.15) is 0 Å². The molecular weight excluding hydrogens is 284 g/mol. The number of nitrogens with zero attached hydrogens (tertiary/aromatic N) is 2. The molecule has 0 spiro atoms. The van der Waals surface area contributed by atoms with E-state index in [0.717, 1.165) is 23.6 Å². The highest BCUT2D eigenvalue weighted by atomic mass is 35.5. The average molecular weight is 303 g/mol. The lowest BCUT2D eigenvalue weighted by atomic mass is 9.81. The van der Waals surface area contributed by atoms with Crippen LogP contribution in [0.5, 0.6) is 0 Å². The van der Waals surface area contributed by atoms with Crippen molar-refractivity contribution in [3.8, 4) is 0 Å². The summed E-state index contributed by atoms with van der Waals surface area (Å²) in [6.45, 7) is 0. The Labute approximate surface area is 130 Å². The van der Waals surface area contributed by atoms with Gasteiger partial charge in [-0.05, 0) is 43.2 Å². The monoisotopic (exact) mass is 302 g/mol. The van der Waals surface area contributed by atoms with Crippen molar-refractivity contribution in [2.45, 2.75) is 31.7 Å². The van der Waals surface area contributed by atoms with Gasteiger partial charge in [0.2, 0.25) is 0 Å². The predicted molar refractivity (Wildman–Crippen MR) is 83.5 cm³/mol. The maximum Gasteiger partial charge on any atom is 0.274 e. The maximum atomic E-state index is 12.8. The topological polar surface area (TPSA) is 32.7 Å². The molecule has 4 atom stereocenters. The van der Waals surface area contributed by atoms with Crippen molar-refractivity contribution < 1.29 is 4.79 Å². The van der Waals surface area contributed by atoms with Gasteiger partial charge in [0.15, 0.2) is 0 Å². The van der Waals surface area contributed by atoms with E-state index in [1.165, 1.54) is 19.3 Å². The lowest BCUT2D eigenvalue weighted by Gasteiger charge is -2.30. The SMILES string of the molecule is O=C(c1ccccc1)N1N=C(CCCl)[C@@H]2[C@H]3CC[C@@H](C3)[C@H]21. The number of halogens is 1. The van der Waals surface area contributed by atoms with Crippen LogP contribution in [0, 0.1) is 17.8 Å². The molecular formula is C17H19ClN2O. The van der Waals surface area contributed by atoms with E-state index in [4.69, 9.17) is 16.7 Å². The largest absolute Gasteiger partial charge is 0.274 e. The van der Waals surface area contributed by atoms with Crippen molar-refractivity contribution in [2.24, 2.45) is 22.9 Å². The van der Waals surface area contributed by atoms with Gasteiger partial charge in [-0.15, -0.1) is 11.6 Å². The van der Waals surface area contributed by atoms with Crippen LogP contribution < -0.4 is 0 Å². The van der Waals surface area contributed by atoms with Gasteiger partial charge in [-0.25, -0.2) is 5.01 Å². The van der Waals surface area contributed by atoms with Gasteiger partial charge < -0.3 is 0 Å². The molecule has 2 bridgehead atoms. The highest BCUT2D eigenvalue weighted by Crippen LogP contribution is 2.54. The molecule has 1 aromatic carbocycles. The Hall–Kier alpha value is -1.35. The molecule has 0 radical (unpaired) electrons. The van der Waals surface area contributed by atoms with Crippen LogP contribution in [0.4, 0.5) is 0 Å². The number of carbonyl (C=O) groups excluding carboxylic acids is 1. The molecule has 3 nitrogen and oxygen atoms in total. The van der Waals surface area contributed by atoms with E-state index in [1.54, 1.807) is 5.01 Å². The number of fused-ring (bicyclic) bond motifs is 5. The van der Waals surface area contributed by atoms with Gasteiger partial charge in [-0.3, -0.25) is 4.79 Å². The highest BCUT2D eigenvalue weighted by molar-refractivity contribution is 6.19. The lowest BCUT2D eigenvalue weighted by Crippen LogP contribution is -2.41. The number of alkyl halides is 1. The summed E-state index contributed by atoms with van der Waals surface area (Å²) < 4.78 is 0. The minimum atomic E-state index is 0.0442. The van der Waals surface area contributed by atoms with Crippen molar-refractivity contribution in [1.29, 1.82) is 0 Å². The first kappa shape index (κ1) is 13.3. The van der Waals surface area contributed by atoms with E-state index in [9.17, 15) is 4.79 Å². The van der Waals surface area contributed by atoms with E-state index in [-0.39, 0.29) is 11.9 Å². The fraction of sp³-hybridized carbons (Fsp3) is 0.529. The summed E-state index contributed by atoms with van der Waals surface area (Å²) in [4.78, 5) is 12.8. The molecule has 21 heavy (non-hydrogen) atoms. The minimum absolute atomic E-state index is 0.0442. The highest BCUT2D eigenvalue weighted by Gasteiger charge is 2.56. The predicted octanol–water partition coefficient (Wildman–Crippen LogP) is 3.54. The van der Waals surface area contributed by atoms with Crippen molar-refractivity contribution in [2.75, 3.05) is 5.88 Å². The van der Waals surface area contributed by atoms with E-state index in [0.29, 0.717) is 17.7 Å². The van der Waals surface area contributed by atoms with Gasteiger partial charge in [0, 0.05) is 29.5 Å². The average Bonchev–Trinajstić information content (AvgIpc) is 3.20. The second-order valence-electron chi connectivity index (χ2n) is 6.40. The molecule has 4 heteroatoms. The van der Waals surface area contributed by atoms with E-state index in [1.807, 2.05) is 30.3 Å². The quantitative estimate of drug-likeness (QED) is 0.786. The summed E-state index contributed by atoms with van der Waals surface area (Å²) in [6.07, 6.45) is 4.61. The Balaban J connectivity index is 1.67. The zero-order valence-electron chi connectivity index (χ0n) is 11.9. The van der Waals surface area contributed by atoms with Gasteiger partial charge >= 0.3 is 0 Å². The Bertz CT molecular complexity index is 586. The zero-order chi connectivity index (χ0) is 14.4. The van der Waals surface area contributed by atoms with Crippen LogP contribution in [-0.4, -0.2) is 28.5 Å². The first-order valence-electron chi connectivity index (χ1n) is 7.81. The van der Waals surface area contributed by atoms with Gasteiger partial charge in [-0.1, -0.05) is 18.2 Å². The van der Waals surface area contributed by atoms with Crippen molar-refractivity contribution >= 4 is 23.2 Å². The summed E-state index contributed by atoms with van der Waals surface area (Å²) in [5.74, 6) is 2.45. The van der Waals surface area contributed by atoms with Gasteiger partial charge in [-0.2, -0.15) is 5.10 Å². The summed E-state index contributed by atoms with van der Waals surface area (Å²) in [6, 6.07) is 9.79. The van der Waals surface area contributed by atoms with E-state index >= 15 is 0 Å². The first-order chi connectivity index (χ1) is 10.3. The Morgan fingerprint density at radius 2 is 2.00 bits per heavy atom. The van der Waals surface area contributed by atoms with Crippen LogP contribution in [0.15, 0.2) is 35.4 Å². The zero-order valence-corrected chi connectivity index (χ0v) is 12.7. The van der Waals surface area contributed by atoms with Crippen LogP contribution >= 0.6 is 11.6 Å². The van der Waals surface area contributed by atoms with Crippen molar-refractivity contribution in [3.63, 3.8) is 0 Å². The summed E-state index contributed by atoms with van der Waals surface area (Å²) in [5, 5.41) is 6.48. The molecule has 4 rings (SSSR count). The third-order valence-electron chi connectivity index (χ3n) is 5.36. The van der Waals surface area contributed by atoms with Crippen molar-refractivity contribution in [1.82, 2.24) is 5.01 Å². The number of amides is 1. The number of benzene rings is 1. The summed E-state index contributed by atoms with van der Waals surface area (Å²) >= 11 is 5.93. The number of carbonyl (C=O) groups is 1. The second kappa shape index (κ2) is 5.13. The molecule has 1 aliphatic heterocycles. The molecule has 2 saturated carbocycles. The van der Waals surface area contributed by atoms with Crippen molar-refractivity contribution in [3.05, 3.63) is 35.9 Å². The standard InChI is InChI=1S/C17H19ClN2O/c18-9-8-14-15-12-6-7-13(10-12)16(15)20(19-14)17(21)11-4-2-1-3-5-11/h1-5,12-13,15-16H,6-10H2/t12-,13-,15-,16+/m0/s1. The van der Waals surface area contributed by atoms with Gasteiger partial charge in [0.25, 0.3) is 5.91 Å². The second-order valence-corrected chi connectivity index (χ2v) is 6.77. The molecule has 0 aromatic heterocycles. The molecule has 1 aromatic rings. The summed E-state index contributed by atoms with van der Waals surface area (Å²) in [5.41, 5.74) is 1.89. The van der Waals surface area contributed by atoms with Crippen LogP contribution in [0.2, 0.25) is 0 Å². The first-order valence-corrected chi connectivity index (χ1v) is 8.35. The third-order valence-corrected chi connectivity index (χ3v) is 5.54. The molecule has 2 fully saturated rings. The smallest absolute Gasteiger partial charge is 0.267 e. The van der Waals surface area contributed by atoms with Crippen LogP contribution in [-0.2, 0) is 0 Å². The normalized spacial score (nSPS) is 33.2. The summed E-state index contributed by atoms with van der Waals surface area (Å²) in [7, 11) is 0. The minimum Gasteiger partial charge on any atom is -0.267 e. The van der Waals surface area contributed by atoms with Crippen LogP contribution in [0.3, 0.4) is 0 Å². The molecule has 2 aliphatic carbocycles. The third kappa shape index (κ3) is 2.02. The number of hydrogen-bond acceptors (Lipinski definition) is 2. The Morgan fingerprint density at radius 3 is 2.76 bits per heavy atom. The lowest BCUT2D eigenvalue weighted by molar-refractivity contribution is 0.0629. The van der Waals surface area contributed by atoms with Gasteiger partial charge in [0.05, 0.1) is 6.04 Å². The molecule has 1 heterocycles. The number of hydrogen-bond donors (Lipinski definition) is 0. The Kier molecular flexibility index (Phi) is 3.26.